The van der Waals surface area contributed by atoms with E-state index in [-0.39, 0.29) is 5.15 Å². The van der Waals surface area contributed by atoms with E-state index >= 15 is 0 Å². The van der Waals surface area contributed by atoms with Crippen molar-refractivity contribution in [1.82, 2.24) is 15.2 Å². The number of rotatable bonds is 0. The first kappa shape index (κ1) is 5.80. The standard InChI is InChI=1S/C6H3Cl2N3/c7-4-1-5(8)10-6-3(4)2-9-11-6/h1-2H,(H,9,10,11)/i/hD. The minimum Gasteiger partial charge on any atom is -0.261 e. The molecular weight excluding hydrogens is 185 g/mol. The number of H-pyrrole nitrogens is 1. The maximum absolute atomic E-state index is 7.26. The van der Waals surface area contributed by atoms with Crippen LogP contribution in [0.2, 0.25) is 11.6 Å². The summed E-state index contributed by atoms with van der Waals surface area (Å²) in [7, 11) is 0. The van der Waals surface area contributed by atoms with Crippen LogP contribution in [0.25, 0.3) is 11.0 Å². The van der Waals surface area contributed by atoms with E-state index in [1.54, 1.807) is 0 Å². The quantitative estimate of drug-likeness (QED) is 0.645. The van der Waals surface area contributed by atoms with Gasteiger partial charge in [0.1, 0.15) is 5.15 Å². The summed E-state index contributed by atoms with van der Waals surface area (Å²) in [6.45, 7) is 0. The predicted octanol–water partition coefficient (Wildman–Crippen LogP) is 2.26. The zero-order valence-electron chi connectivity index (χ0n) is 6.25. The summed E-state index contributed by atoms with van der Waals surface area (Å²) in [4.78, 5) is 3.89. The number of hydrogen-bond donors (Lipinski definition) is 1. The van der Waals surface area contributed by atoms with Gasteiger partial charge in [-0.25, -0.2) is 4.98 Å². The molecule has 0 aliphatic rings. The zero-order chi connectivity index (χ0) is 8.72. The average Bonchev–Trinajstić information content (AvgIpc) is 2.33. The third-order valence-corrected chi connectivity index (χ3v) is 1.80. The Kier molecular flexibility index (Phi) is 1.24. The van der Waals surface area contributed by atoms with Crippen molar-refractivity contribution in [2.45, 2.75) is 0 Å². The molecule has 0 bridgehead atoms. The van der Waals surface area contributed by atoms with Gasteiger partial charge in [-0.3, -0.25) is 5.09 Å². The lowest BCUT2D eigenvalue weighted by Crippen LogP contribution is -1.77. The zero-order valence-corrected chi connectivity index (χ0v) is 6.76. The molecule has 0 spiro atoms. The van der Waals surface area contributed by atoms with Gasteiger partial charge < -0.3 is 0 Å². The summed E-state index contributed by atoms with van der Waals surface area (Å²) in [5.74, 6) is 0. The van der Waals surface area contributed by atoms with Crippen molar-refractivity contribution in [2.75, 3.05) is 0 Å². The van der Waals surface area contributed by atoms with Crippen molar-refractivity contribution in [2.24, 2.45) is 0 Å². The van der Waals surface area contributed by atoms with E-state index in [0.29, 0.717) is 16.1 Å². The molecule has 1 N–H and O–H groups in total. The van der Waals surface area contributed by atoms with Crippen molar-refractivity contribution >= 4 is 34.2 Å². The summed E-state index contributed by atoms with van der Waals surface area (Å²) in [6, 6.07) is 1.52. The maximum Gasteiger partial charge on any atom is 0.192 e. The molecule has 0 fully saturated rings. The second-order valence-electron chi connectivity index (χ2n) is 2.01. The fourth-order valence-electron chi connectivity index (χ4n) is 0.820. The van der Waals surface area contributed by atoms with Crippen LogP contribution in [0, 0.1) is 0 Å². The summed E-state index contributed by atoms with van der Waals surface area (Å²) < 4.78 is 7.26. The van der Waals surface area contributed by atoms with Crippen LogP contribution in [0.15, 0.2) is 12.3 Å². The number of nitrogens with one attached hydrogen (secondary N) is 1. The topological polar surface area (TPSA) is 41.6 Å². The van der Waals surface area contributed by atoms with Crippen LogP contribution in [-0.2, 0) is 0 Å². The number of hydrogen-bond acceptors (Lipinski definition) is 2. The molecule has 0 amide bonds. The fraction of sp³-hybridized carbons (Fsp3) is 0. The molecule has 0 aliphatic carbocycles. The van der Waals surface area contributed by atoms with Gasteiger partial charge in [-0.2, -0.15) is 5.10 Å². The molecule has 0 radical (unpaired) electrons. The summed E-state index contributed by atoms with van der Waals surface area (Å²) in [6.07, 6.45) is 1.48. The highest BCUT2D eigenvalue weighted by Gasteiger charge is 2.02. The van der Waals surface area contributed by atoms with E-state index in [0.717, 1.165) is 5.09 Å². The van der Waals surface area contributed by atoms with E-state index in [9.17, 15) is 0 Å². The Morgan fingerprint density at radius 3 is 3.18 bits per heavy atom. The van der Waals surface area contributed by atoms with Gasteiger partial charge in [-0.1, -0.05) is 23.2 Å². The van der Waals surface area contributed by atoms with Crippen LogP contribution in [0.3, 0.4) is 0 Å². The van der Waals surface area contributed by atoms with E-state index in [1.807, 2.05) is 0 Å². The minimum absolute atomic E-state index is 0.265. The molecule has 0 aromatic carbocycles. The molecule has 0 atom stereocenters. The number of aromatic nitrogens is 3. The molecule has 2 aromatic heterocycles. The molecule has 2 aromatic rings. The van der Waals surface area contributed by atoms with Crippen LogP contribution in [0.1, 0.15) is 0 Å². The Labute approximate surface area is 73.8 Å². The predicted molar refractivity (Wildman–Crippen MR) is 43.9 cm³/mol. The second-order valence-corrected chi connectivity index (χ2v) is 2.80. The van der Waals surface area contributed by atoms with Crippen molar-refractivity contribution in [3.05, 3.63) is 22.4 Å². The number of nitrogens with zero attached hydrogens (tertiary/aromatic N) is 2. The molecule has 0 aliphatic heterocycles. The SMILES string of the molecule is [2H]n1ncc2c(Cl)cc(Cl)nc21. The third kappa shape index (κ3) is 1.06. The number of aromatic amines is 1. The molecule has 11 heavy (non-hydrogen) atoms. The van der Waals surface area contributed by atoms with Crippen molar-refractivity contribution < 1.29 is 1.41 Å². The van der Waals surface area contributed by atoms with Crippen molar-refractivity contribution in [3.8, 4) is 0 Å². The highest BCUT2D eigenvalue weighted by atomic mass is 35.5. The van der Waals surface area contributed by atoms with Gasteiger partial charge in [-0.15, -0.1) is 0 Å². The monoisotopic (exact) mass is 188 g/mol. The third-order valence-electron chi connectivity index (χ3n) is 1.30. The summed E-state index contributed by atoms with van der Waals surface area (Å²) in [5.41, 5.74) is 0.368. The fourth-order valence-corrected chi connectivity index (χ4v) is 1.30. The first-order chi connectivity index (χ1) is 5.68. The largest absolute Gasteiger partial charge is 0.261 e. The van der Waals surface area contributed by atoms with E-state index in [2.05, 4.69) is 10.1 Å². The smallest absolute Gasteiger partial charge is 0.192 e. The lowest BCUT2D eigenvalue weighted by atomic mass is 10.4. The molecule has 0 unspecified atom stereocenters. The molecule has 2 heterocycles. The molecule has 5 heteroatoms. The number of halogens is 2. The molecule has 2 rings (SSSR count). The van der Waals surface area contributed by atoms with E-state index < -0.39 is 0 Å². The van der Waals surface area contributed by atoms with Gasteiger partial charge in [0.05, 0.1) is 16.6 Å². The van der Waals surface area contributed by atoms with Gasteiger partial charge >= 0.3 is 0 Å². The molecular formula is C6H3Cl2N3. The lowest BCUT2D eigenvalue weighted by Gasteiger charge is -1.91. The Hall–Kier alpha value is -0.800. The number of fused-ring (bicyclic) bond motifs is 1. The Morgan fingerprint density at radius 1 is 1.55 bits per heavy atom. The van der Waals surface area contributed by atoms with Crippen LogP contribution in [-0.4, -0.2) is 15.2 Å². The van der Waals surface area contributed by atoms with Crippen LogP contribution >= 0.6 is 23.2 Å². The average molecular weight is 189 g/mol. The van der Waals surface area contributed by atoms with Crippen molar-refractivity contribution in [1.29, 1.82) is 0 Å². The minimum atomic E-state index is 0.265. The van der Waals surface area contributed by atoms with Crippen LogP contribution in [0.4, 0.5) is 0 Å². The Bertz CT molecular complexity index is 440. The highest BCUT2D eigenvalue weighted by Crippen LogP contribution is 2.22. The molecule has 0 saturated carbocycles. The van der Waals surface area contributed by atoms with Gasteiger partial charge in [0.2, 0.25) is 0 Å². The Balaban J connectivity index is 2.92. The first-order valence-electron chi connectivity index (χ1n) is 3.32. The Morgan fingerprint density at radius 2 is 2.36 bits per heavy atom. The second kappa shape index (κ2) is 2.36. The molecule has 56 valence electrons. The molecule has 0 saturated heterocycles. The highest BCUT2D eigenvalue weighted by molar-refractivity contribution is 6.37. The van der Waals surface area contributed by atoms with E-state index in [1.165, 1.54) is 12.3 Å². The van der Waals surface area contributed by atoms with Crippen LogP contribution in [0.5, 0.6) is 0 Å². The molecule has 3 nitrogen and oxygen atoms in total. The van der Waals surface area contributed by atoms with Gasteiger partial charge in [0.15, 0.2) is 7.06 Å². The van der Waals surface area contributed by atoms with Gasteiger partial charge in [-0.05, 0) is 6.07 Å². The van der Waals surface area contributed by atoms with Gasteiger partial charge in [0.25, 0.3) is 0 Å². The number of pyridine rings is 1. The van der Waals surface area contributed by atoms with Gasteiger partial charge in [0, 0.05) is 0 Å². The van der Waals surface area contributed by atoms with Crippen molar-refractivity contribution in [3.63, 3.8) is 0 Å². The maximum atomic E-state index is 7.26. The first-order valence-corrected chi connectivity index (χ1v) is 3.63. The van der Waals surface area contributed by atoms with Crippen LogP contribution < -0.4 is 0 Å². The summed E-state index contributed by atoms with van der Waals surface area (Å²) in [5, 5.41) is 5.92. The van der Waals surface area contributed by atoms with E-state index in [4.69, 9.17) is 24.6 Å². The lowest BCUT2D eigenvalue weighted by molar-refractivity contribution is 1.10. The normalized spacial score (nSPS) is 12.0. The summed E-state index contributed by atoms with van der Waals surface area (Å²) >= 11 is 11.4.